The van der Waals surface area contributed by atoms with Crippen LogP contribution < -0.4 is 0 Å². The van der Waals surface area contributed by atoms with Gasteiger partial charge in [0.15, 0.2) is 5.79 Å². The number of rotatable bonds is 1. The van der Waals surface area contributed by atoms with Gasteiger partial charge in [-0.3, -0.25) is 4.90 Å². The van der Waals surface area contributed by atoms with E-state index >= 15 is 0 Å². The van der Waals surface area contributed by atoms with Crippen LogP contribution in [0.25, 0.3) is 10.9 Å². The number of fused-ring (bicyclic) bond motifs is 1. The number of ether oxygens (including phenoxy) is 2. The number of piperidine rings is 1. The van der Waals surface area contributed by atoms with Crippen LogP contribution in [0.3, 0.4) is 0 Å². The predicted octanol–water partition coefficient (Wildman–Crippen LogP) is 2.92. The summed E-state index contributed by atoms with van der Waals surface area (Å²) >= 11 is 0. The molecule has 2 saturated heterocycles. The lowest BCUT2D eigenvalue weighted by Crippen LogP contribution is -2.52. The van der Waals surface area contributed by atoms with E-state index in [1.807, 2.05) is 0 Å². The smallest absolute Gasteiger partial charge is 0.174 e. The summed E-state index contributed by atoms with van der Waals surface area (Å²) in [6.07, 6.45) is 3.10. The standard InChI is InChI=1S/C17H22N2O2/c1-12-16(14-11-18-15-6-4-3-5-13(14)15)19(2)8-7-17(12)20-9-10-21-17/h3-6,11-12,16,18H,7-10H2,1-2H3/t12-,16+/m1/s1. The minimum atomic E-state index is -0.393. The van der Waals surface area contributed by atoms with Crippen molar-refractivity contribution in [2.24, 2.45) is 5.92 Å². The molecule has 1 N–H and O–H groups in total. The van der Waals surface area contributed by atoms with Crippen molar-refractivity contribution in [3.8, 4) is 0 Å². The van der Waals surface area contributed by atoms with Crippen LogP contribution in [0.4, 0.5) is 0 Å². The topological polar surface area (TPSA) is 37.5 Å². The van der Waals surface area contributed by atoms with Gasteiger partial charge in [0.1, 0.15) is 0 Å². The molecule has 4 nitrogen and oxygen atoms in total. The first kappa shape index (κ1) is 13.3. The van der Waals surface area contributed by atoms with Crippen LogP contribution in [-0.4, -0.2) is 42.5 Å². The number of hydrogen-bond acceptors (Lipinski definition) is 3. The lowest BCUT2D eigenvalue weighted by atomic mass is 9.81. The van der Waals surface area contributed by atoms with E-state index in [0.29, 0.717) is 25.2 Å². The summed E-state index contributed by atoms with van der Waals surface area (Å²) < 4.78 is 12.0. The Balaban J connectivity index is 1.78. The predicted molar refractivity (Wildman–Crippen MR) is 82.1 cm³/mol. The van der Waals surface area contributed by atoms with Crippen LogP contribution >= 0.6 is 0 Å². The number of benzene rings is 1. The Morgan fingerprint density at radius 2 is 2.00 bits per heavy atom. The van der Waals surface area contributed by atoms with Crippen LogP contribution in [0.1, 0.15) is 24.9 Å². The molecular weight excluding hydrogens is 264 g/mol. The number of hydrogen-bond donors (Lipinski definition) is 1. The molecule has 4 heteroatoms. The van der Waals surface area contributed by atoms with Crippen molar-refractivity contribution in [1.82, 2.24) is 9.88 Å². The first-order valence-corrected chi connectivity index (χ1v) is 7.75. The molecule has 0 amide bonds. The number of nitrogens with one attached hydrogen (secondary N) is 1. The highest BCUT2D eigenvalue weighted by Gasteiger charge is 2.50. The Hall–Kier alpha value is -1.36. The molecule has 1 aromatic carbocycles. The highest BCUT2D eigenvalue weighted by atomic mass is 16.7. The second kappa shape index (κ2) is 4.83. The second-order valence-corrected chi connectivity index (χ2v) is 6.26. The molecule has 3 heterocycles. The minimum Gasteiger partial charge on any atom is -0.361 e. The van der Waals surface area contributed by atoms with E-state index in [0.717, 1.165) is 13.0 Å². The summed E-state index contributed by atoms with van der Waals surface area (Å²) in [7, 11) is 2.20. The lowest BCUT2D eigenvalue weighted by Gasteiger charge is -2.47. The largest absolute Gasteiger partial charge is 0.361 e. The SMILES string of the molecule is C[C@@H]1[C@@H](c2c[nH]c3ccccc23)N(C)CCC12OCCO2. The molecule has 2 fully saturated rings. The van der Waals surface area contributed by atoms with Crippen molar-refractivity contribution >= 4 is 10.9 Å². The van der Waals surface area contributed by atoms with Gasteiger partial charge >= 0.3 is 0 Å². The summed E-state index contributed by atoms with van der Waals surface area (Å²) in [6, 6.07) is 8.81. The molecule has 112 valence electrons. The maximum Gasteiger partial charge on any atom is 0.174 e. The van der Waals surface area contributed by atoms with Gasteiger partial charge in [0, 0.05) is 42.0 Å². The van der Waals surface area contributed by atoms with E-state index in [1.54, 1.807) is 0 Å². The number of H-pyrrole nitrogens is 1. The Morgan fingerprint density at radius 3 is 2.81 bits per heavy atom. The molecule has 1 spiro atoms. The fraction of sp³-hybridized carbons (Fsp3) is 0.529. The van der Waals surface area contributed by atoms with Crippen LogP contribution in [0, 0.1) is 5.92 Å². The van der Waals surface area contributed by atoms with Crippen molar-refractivity contribution in [2.75, 3.05) is 26.8 Å². The zero-order chi connectivity index (χ0) is 14.4. The number of para-hydroxylation sites is 1. The van der Waals surface area contributed by atoms with Gasteiger partial charge < -0.3 is 14.5 Å². The minimum absolute atomic E-state index is 0.304. The van der Waals surface area contributed by atoms with Crippen molar-refractivity contribution in [3.63, 3.8) is 0 Å². The molecule has 4 rings (SSSR count). The van der Waals surface area contributed by atoms with E-state index < -0.39 is 5.79 Å². The van der Waals surface area contributed by atoms with Crippen LogP contribution in [0.5, 0.6) is 0 Å². The fourth-order valence-electron chi connectivity index (χ4n) is 4.04. The molecular formula is C17H22N2O2. The third-order valence-electron chi connectivity index (χ3n) is 5.17. The zero-order valence-corrected chi connectivity index (χ0v) is 12.6. The summed E-state index contributed by atoms with van der Waals surface area (Å²) in [4.78, 5) is 5.82. The average Bonchev–Trinajstić information content (AvgIpc) is 3.12. The summed E-state index contributed by atoms with van der Waals surface area (Å²) in [6.45, 7) is 4.69. The molecule has 0 radical (unpaired) electrons. The highest BCUT2D eigenvalue weighted by Crippen LogP contribution is 2.46. The monoisotopic (exact) mass is 286 g/mol. The third kappa shape index (κ3) is 1.94. The Labute approximate surface area is 125 Å². The van der Waals surface area contributed by atoms with E-state index in [1.165, 1.54) is 16.5 Å². The lowest BCUT2D eigenvalue weighted by molar-refractivity contribution is -0.229. The molecule has 2 aliphatic rings. The van der Waals surface area contributed by atoms with Crippen LogP contribution in [0.15, 0.2) is 30.5 Å². The third-order valence-corrected chi connectivity index (χ3v) is 5.17. The molecule has 2 atom stereocenters. The molecule has 0 bridgehead atoms. The number of nitrogens with zero attached hydrogens (tertiary/aromatic N) is 1. The van der Waals surface area contributed by atoms with Gasteiger partial charge in [-0.1, -0.05) is 25.1 Å². The van der Waals surface area contributed by atoms with Crippen LogP contribution in [-0.2, 0) is 9.47 Å². The van der Waals surface area contributed by atoms with Gasteiger partial charge in [0.05, 0.1) is 13.2 Å². The Bertz CT molecular complexity index is 645. The van der Waals surface area contributed by atoms with Crippen molar-refractivity contribution < 1.29 is 9.47 Å². The summed E-state index contributed by atoms with van der Waals surface area (Å²) in [5.74, 6) is -0.0896. The molecule has 0 saturated carbocycles. The van der Waals surface area contributed by atoms with Gasteiger partial charge in [-0.25, -0.2) is 0 Å². The zero-order valence-electron chi connectivity index (χ0n) is 12.6. The van der Waals surface area contributed by atoms with Gasteiger partial charge in [0.25, 0.3) is 0 Å². The van der Waals surface area contributed by atoms with Gasteiger partial charge in [-0.2, -0.15) is 0 Å². The Kier molecular flexibility index (Phi) is 3.06. The number of likely N-dealkylation sites (tertiary alicyclic amines) is 1. The normalized spacial score (nSPS) is 29.4. The molecule has 1 aromatic heterocycles. The first-order chi connectivity index (χ1) is 10.2. The van der Waals surface area contributed by atoms with Crippen molar-refractivity contribution in [3.05, 3.63) is 36.0 Å². The van der Waals surface area contributed by atoms with Gasteiger partial charge in [0.2, 0.25) is 0 Å². The molecule has 2 aromatic rings. The van der Waals surface area contributed by atoms with E-state index in [9.17, 15) is 0 Å². The second-order valence-electron chi connectivity index (χ2n) is 6.26. The molecule has 21 heavy (non-hydrogen) atoms. The van der Waals surface area contributed by atoms with E-state index in [4.69, 9.17) is 9.47 Å². The van der Waals surface area contributed by atoms with Crippen molar-refractivity contribution in [2.45, 2.75) is 25.2 Å². The fourth-order valence-corrected chi connectivity index (χ4v) is 4.04. The van der Waals surface area contributed by atoms with Crippen LogP contribution in [0.2, 0.25) is 0 Å². The molecule has 2 aliphatic heterocycles. The van der Waals surface area contributed by atoms with E-state index in [-0.39, 0.29) is 0 Å². The number of aromatic nitrogens is 1. The maximum atomic E-state index is 6.02. The summed E-state index contributed by atoms with van der Waals surface area (Å²) in [5.41, 5.74) is 2.54. The quantitative estimate of drug-likeness (QED) is 0.876. The Morgan fingerprint density at radius 1 is 1.24 bits per heavy atom. The number of aromatic amines is 1. The van der Waals surface area contributed by atoms with Gasteiger partial charge in [-0.15, -0.1) is 0 Å². The summed E-state index contributed by atoms with van der Waals surface area (Å²) in [5, 5.41) is 1.30. The molecule has 0 unspecified atom stereocenters. The molecule has 0 aliphatic carbocycles. The highest BCUT2D eigenvalue weighted by molar-refractivity contribution is 5.83. The maximum absolute atomic E-state index is 6.02. The first-order valence-electron chi connectivity index (χ1n) is 7.75. The van der Waals surface area contributed by atoms with Gasteiger partial charge in [-0.05, 0) is 18.7 Å². The van der Waals surface area contributed by atoms with E-state index in [2.05, 4.69) is 54.3 Å². The average molecular weight is 286 g/mol. The van der Waals surface area contributed by atoms with Crippen molar-refractivity contribution in [1.29, 1.82) is 0 Å².